The van der Waals surface area contributed by atoms with Crippen molar-refractivity contribution in [1.29, 1.82) is 5.26 Å². The van der Waals surface area contributed by atoms with Crippen molar-refractivity contribution in [2.45, 2.75) is 19.9 Å². The summed E-state index contributed by atoms with van der Waals surface area (Å²) in [5.74, 6) is 1.20. The second-order valence-corrected chi connectivity index (χ2v) is 4.76. The molecule has 1 N–H and O–H groups in total. The zero-order valence-electron chi connectivity index (χ0n) is 10.8. The number of rotatable bonds is 3. The van der Waals surface area contributed by atoms with Crippen LogP contribution in [0.25, 0.3) is 11.0 Å². The number of imidazole rings is 1. The van der Waals surface area contributed by atoms with Crippen LogP contribution in [0.5, 0.6) is 0 Å². The maximum absolute atomic E-state index is 9.10. The van der Waals surface area contributed by atoms with Gasteiger partial charge in [-0.05, 0) is 24.4 Å². The summed E-state index contributed by atoms with van der Waals surface area (Å²) in [6.45, 7) is 2.39. The molecular formula is C13H11N5OS. The Labute approximate surface area is 119 Å². The third kappa shape index (κ3) is 2.10. The maximum Gasteiger partial charge on any atom is 0.223 e. The fourth-order valence-electron chi connectivity index (χ4n) is 2.15. The Morgan fingerprint density at radius 3 is 3.05 bits per heavy atom. The quantitative estimate of drug-likeness (QED) is 0.747. The van der Waals surface area contributed by atoms with Crippen LogP contribution >= 0.6 is 12.2 Å². The second-order valence-electron chi connectivity index (χ2n) is 4.37. The number of hydrogen-bond donors (Lipinski definition) is 1. The molecule has 0 amide bonds. The van der Waals surface area contributed by atoms with Crippen molar-refractivity contribution in [3.8, 4) is 6.07 Å². The van der Waals surface area contributed by atoms with Crippen LogP contribution in [0.1, 0.15) is 17.3 Å². The number of benzene rings is 1. The van der Waals surface area contributed by atoms with Gasteiger partial charge in [-0.3, -0.25) is 0 Å². The molecule has 0 atom stereocenters. The summed E-state index contributed by atoms with van der Waals surface area (Å²) in [6, 6.07) is 7.70. The average molecular weight is 285 g/mol. The van der Waals surface area contributed by atoms with E-state index in [9.17, 15) is 0 Å². The first-order valence-electron chi connectivity index (χ1n) is 6.10. The molecule has 0 saturated carbocycles. The van der Waals surface area contributed by atoms with E-state index in [0.717, 1.165) is 11.0 Å². The Morgan fingerprint density at radius 2 is 2.35 bits per heavy atom. The highest BCUT2D eigenvalue weighted by atomic mass is 32.1. The van der Waals surface area contributed by atoms with Crippen LogP contribution in [0.2, 0.25) is 0 Å². The summed E-state index contributed by atoms with van der Waals surface area (Å²) >= 11 is 5.31. The molecule has 0 fully saturated rings. The number of H-pyrrole nitrogens is 1. The Morgan fingerprint density at radius 1 is 1.50 bits per heavy atom. The van der Waals surface area contributed by atoms with Gasteiger partial charge < -0.3 is 14.1 Å². The highest BCUT2D eigenvalue weighted by Crippen LogP contribution is 2.18. The Kier molecular flexibility index (Phi) is 3.08. The molecule has 0 unspecified atom stereocenters. The van der Waals surface area contributed by atoms with E-state index in [0.29, 0.717) is 35.0 Å². The first kappa shape index (κ1) is 12.6. The van der Waals surface area contributed by atoms with Crippen molar-refractivity contribution in [3.05, 3.63) is 40.2 Å². The minimum atomic E-state index is 0.550. The van der Waals surface area contributed by atoms with Crippen LogP contribution in [0.4, 0.5) is 0 Å². The molecule has 2 aromatic heterocycles. The molecule has 2 heterocycles. The summed E-state index contributed by atoms with van der Waals surface area (Å²) in [5, 5.41) is 13.0. The van der Waals surface area contributed by atoms with E-state index in [1.54, 1.807) is 13.0 Å². The molecule has 7 heteroatoms. The third-order valence-electron chi connectivity index (χ3n) is 3.06. The smallest absolute Gasteiger partial charge is 0.223 e. The lowest BCUT2D eigenvalue weighted by Gasteiger charge is -2.02. The molecule has 3 aromatic rings. The predicted octanol–water partition coefficient (Wildman–Crippen LogP) is 2.50. The van der Waals surface area contributed by atoms with Crippen LogP contribution in [0.15, 0.2) is 22.7 Å². The lowest BCUT2D eigenvalue weighted by atomic mass is 10.2. The van der Waals surface area contributed by atoms with Crippen LogP contribution in [0, 0.1) is 23.0 Å². The van der Waals surface area contributed by atoms with Gasteiger partial charge in [0.2, 0.25) is 5.89 Å². The van der Waals surface area contributed by atoms with Crippen LogP contribution in [-0.4, -0.2) is 19.7 Å². The zero-order chi connectivity index (χ0) is 14.1. The van der Waals surface area contributed by atoms with Gasteiger partial charge in [0.05, 0.1) is 16.6 Å². The Bertz CT molecular complexity index is 867. The number of hydrogen-bond acceptors (Lipinski definition) is 5. The summed E-state index contributed by atoms with van der Waals surface area (Å²) < 4.78 is 7.47. The van der Waals surface area contributed by atoms with Gasteiger partial charge in [-0.15, -0.1) is 0 Å². The molecule has 0 spiro atoms. The fourth-order valence-corrected chi connectivity index (χ4v) is 2.44. The second kappa shape index (κ2) is 4.90. The first-order valence-corrected chi connectivity index (χ1v) is 6.50. The van der Waals surface area contributed by atoms with Crippen molar-refractivity contribution in [3.63, 3.8) is 0 Å². The topological polar surface area (TPSA) is 83.4 Å². The molecule has 0 aliphatic rings. The van der Waals surface area contributed by atoms with Crippen molar-refractivity contribution < 1.29 is 4.52 Å². The average Bonchev–Trinajstić information content (AvgIpc) is 2.99. The molecule has 1 aromatic carbocycles. The lowest BCUT2D eigenvalue weighted by Crippen LogP contribution is -2.02. The minimum absolute atomic E-state index is 0.550. The molecular weight excluding hydrogens is 274 g/mol. The number of aromatic amines is 1. The minimum Gasteiger partial charge on any atom is -0.340 e. The number of nitriles is 1. The Hall–Kier alpha value is -2.46. The van der Waals surface area contributed by atoms with Gasteiger partial charge in [0.1, 0.15) is 6.07 Å². The van der Waals surface area contributed by atoms with E-state index in [-0.39, 0.29) is 0 Å². The van der Waals surface area contributed by atoms with E-state index >= 15 is 0 Å². The number of fused-ring (bicyclic) bond motifs is 1. The maximum atomic E-state index is 9.10. The third-order valence-corrected chi connectivity index (χ3v) is 3.38. The number of aryl methyl sites for hydroxylation is 3. The fraction of sp³-hybridized carbons (Fsp3) is 0.231. The van der Waals surface area contributed by atoms with Gasteiger partial charge in [0, 0.05) is 19.9 Å². The van der Waals surface area contributed by atoms with Gasteiger partial charge in [0.25, 0.3) is 0 Å². The van der Waals surface area contributed by atoms with Crippen LogP contribution in [-0.2, 0) is 13.0 Å². The SMILES string of the molecule is Cc1nc(CCn2c(=S)[nH]c3c(C#N)cccc32)no1. The lowest BCUT2D eigenvalue weighted by molar-refractivity contribution is 0.386. The number of nitrogens with zero attached hydrogens (tertiary/aromatic N) is 4. The van der Waals surface area contributed by atoms with Gasteiger partial charge >= 0.3 is 0 Å². The van der Waals surface area contributed by atoms with Crippen molar-refractivity contribution in [2.24, 2.45) is 0 Å². The molecule has 0 bridgehead atoms. The highest BCUT2D eigenvalue weighted by molar-refractivity contribution is 7.71. The number of para-hydroxylation sites is 1. The van der Waals surface area contributed by atoms with E-state index in [1.807, 2.05) is 16.7 Å². The molecule has 6 nitrogen and oxygen atoms in total. The predicted molar refractivity (Wildman–Crippen MR) is 74.6 cm³/mol. The molecule has 0 aliphatic carbocycles. The normalized spacial score (nSPS) is 10.8. The van der Waals surface area contributed by atoms with Gasteiger partial charge in [0.15, 0.2) is 10.6 Å². The first-order chi connectivity index (χ1) is 9.69. The summed E-state index contributed by atoms with van der Waals surface area (Å²) in [5.41, 5.74) is 2.27. The zero-order valence-corrected chi connectivity index (χ0v) is 11.6. The van der Waals surface area contributed by atoms with Crippen molar-refractivity contribution in [1.82, 2.24) is 19.7 Å². The monoisotopic (exact) mass is 285 g/mol. The summed E-state index contributed by atoms with van der Waals surface area (Å²) in [6.07, 6.45) is 0.620. The van der Waals surface area contributed by atoms with E-state index in [2.05, 4.69) is 21.2 Å². The van der Waals surface area contributed by atoms with Gasteiger partial charge in [-0.25, -0.2) is 0 Å². The molecule has 0 radical (unpaired) electrons. The van der Waals surface area contributed by atoms with Gasteiger partial charge in [-0.2, -0.15) is 10.2 Å². The summed E-state index contributed by atoms with van der Waals surface area (Å²) in [4.78, 5) is 7.24. The largest absolute Gasteiger partial charge is 0.340 e. The molecule has 100 valence electrons. The molecule has 0 aliphatic heterocycles. The number of nitrogens with one attached hydrogen (secondary N) is 1. The van der Waals surface area contributed by atoms with E-state index in [4.69, 9.17) is 22.0 Å². The standard InChI is InChI=1S/C13H11N5OS/c1-8-15-11(17-19-8)5-6-18-10-4-2-3-9(7-14)12(10)16-13(18)20/h2-4H,5-6H2,1H3,(H,16,20). The van der Waals surface area contributed by atoms with Crippen molar-refractivity contribution >= 4 is 23.3 Å². The van der Waals surface area contributed by atoms with E-state index in [1.165, 1.54) is 0 Å². The van der Waals surface area contributed by atoms with Crippen molar-refractivity contribution in [2.75, 3.05) is 0 Å². The highest BCUT2D eigenvalue weighted by Gasteiger charge is 2.09. The van der Waals surface area contributed by atoms with Crippen LogP contribution in [0.3, 0.4) is 0 Å². The molecule has 3 rings (SSSR count). The number of aromatic nitrogens is 4. The van der Waals surface area contributed by atoms with E-state index < -0.39 is 0 Å². The molecule has 20 heavy (non-hydrogen) atoms. The molecule has 0 saturated heterocycles. The van der Waals surface area contributed by atoms with Gasteiger partial charge in [-0.1, -0.05) is 11.2 Å². The Balaban J connectivity index is 1.98. The van der Waals surface area contributed by atoms with Crippen LogP contribution < -0.4 is 0 Å². The summed E-state index contributed by atoms with van der Waals surface area (Å²) in [7, 11) is 0.